The van der Waals surface area contributed by atoms with E-state index in [1.165, 1.54) is 6.92 Å². The van der Waals surface area contributed by atoms with E-state index in [2.05, 4.69) is 21.3 Å². The first kappa shape index (κ1) is 28.1. The number of aliphatic hydroxyl groups is 1. The summed E-state index contributed by atoms with van der Waals surface area (Å²) < 4.78 is 0. The standard InChI is InChI=1S/C18H35N7O6/c1-4-9(2)13(25-14(27)10(3)19)16(29)24-12(8-26)15(28)23-11(17(30)31)6-5-7-22-18(20)21/h9-13,26H,4-8,19H2,1-3H3,(H,23,28)(H,24,29)(H,25,27)(H,30,31)(H4,20,21,22)/t9-,10-,11-,12-,13-/m0/s1. The number of hydrogen-bond acceptors (Lipinski definition) is 7. The van der Waals surface area contributed by atoms with Crippen molar-refractivity contribution >= 4 is 29.7 Å². The fourth-order valence-electron chi connectivity index (χ4n) is 2.50. The zero-order valence-electron chi connectivity index (χ0n) is 18.1. The van der Waals surface area contributed by atoms with Crippen LogP contribution < -0.4 is 32.7 Å². The molecular formula is C18H35N7O6. The summed E-state index contributed by atoms with van der Waals surface area (Å²) in [5.41, 5.74) is 10.7. The molecule has 11 N–H and O–H groups in total. The lowest BCUT2D eigenvalue weighted by molar-refractivity contribution is -0.142. The minimum Gasteiger partial charge on any atom is -0.480 e. The number of nitrogens with two attached hydrogens (primary N) is 2. The van der Waals surface area contributed by atoms with Crippen molar-refractivity contribution in [3.8, 4) is 0 Å². The van der Waals surface area contributed by atoms with Gasteiger partial charge in [0.05, 0.1) is 12.6 Å². The van der Waals surface area contributed by atoms with Crippen LogP contribution >= 0.6 is 0 Å². The van der Waals surface area contributed by atoms with Crippen molar-refractivity contribution in [3.63, 3.8) is 0 Å². The van der Waals surface area contributed by atoms with E-state index in [9.17, 15) is 29.4 Å². The number of carbonyl (C=O) groups is 4. The predicted molar refractivity (Wildman–Crippen MR) is 113 cm³/mol. The number of guanidine groups is 1. The van der Waals surface area contributed by atoms with Gasteiger partial charge in [-0.15, -0.1) is 0 Å². The van der Waals surface area contributed by atoms with Crippen molar-refractivity contribution in [1.82, 2.24) is 21.3 Å². The molecule has 13 heteroatoms. The molecule has 3 amide bonds. The van der Waals surface area contributed by atoms with Crippen LogP contribution in [0.15, 0.2) is 0 Å². The van der Waals surface area contributed by atoms with Crippen molar-refractivity contribution in [2.75, 3.05) is 13.2 Å². The summed E-state index contributed by atoms with van der Waals surface area (Å²) in [6, 6.07) is -4.51. The lowest BCUT2D eigenvalue weighted by Gasteiger charge is -2.27. The maximum Gasteiger partial charge on any atom is 0.326 e. The minimum absolute atomic E-state index is 0.0351. The monoisotopic (exact) mass is 445 g/mol. The molecule has 0 rings (SSSR count). The van der Waals surface area contributed by atoms with Gasteiger partial charge in [0.1, 0.15) is 18.1 Å². The Kier molecular flexibility index (Phi) is 12.8. The second-order valence-corrected chi connectivity index (χ2v) is 7.29. The van der Waals surface area contributed by atoms with Gasteiger partial charge in [-0.3, -0.25) is 19.8 Å². The molecule has 0 bridgehead atoms. The Hall–Kier alpha value is -2.93. The number of amides is 3. The van der Waals surface area contributed by atoms with Crippen LogP contribution in [0.5, 0.6) is 0 Å². The lowest BCUT2D eigenvalue weighted by Crippen LogP contribution is -2.59. The van der Waals surface area contributed by atoms with E-state index in [-0.39, 0.29) is 24.8 Å². The quantitative estimate of drug-likeness (QED) is 0.0760. The van der Waals surface area contributed by atoms with E-state index >= 15 is 0 Å². The van der Waals surface area contributed by atoms with Crippen LogP contribution in [0.1, 0.15) is 40.0 Å². The summed E-state index contributed by atoms with van der Waals surface area (Å²) in [6.07, 6.45) is 0.877. The number of aliphatic carboxylic acids is 1. The molecule has 0 unspecified atom stereocenters. The molecule has 0 aliphatic carbocycles. The predicted octanol–water partition coefficient (Wildman–Crippen LogP) is -2.83. The molecular weight excluding hydrogens is 410 g/mol. The number of hydrogen-bond donors (Lipinski definition) is 9. The molecule has 0 aromatic carbocycles. The average molecular weight is 446 g/mol. The van der Waals surface area contributed by atoms with Gasteiger partial charge in [0.25, 0.3) is 0 Å². The van der Waals surface area contributed by atoms with Gasteiger partial charge in [0.15, 0.2) is 5.96 Å². The molecule has 31 heavy (non-hydrogen) atoms. The average Bonchev–Trinajstić information content (AvgIpc) is 2.70. The summed E-state index contributed by atoms with van der Waals surface area (Å²) >= 11 is 0. The Morgan fingerprint density at radius 2 is 1.58 bits per heavy atom. The van der Waals surface area contributed by atoms with E-state index in [4.69, 9.17) is 16.9 Å². The Bertz CT molecular complexity index is 643. The molecule has 0 saturated carbocycles. The number of carboxylic acids is 1. The van der Waals surface area contributed by atoms with Gasteiger partial charge in [-0.05, 0) is 25.7 Å². The van der Waals surface area contributed by atoms with Gasteiger partial charge in [-0.2, -0.15) is 0 Å². The highest BCUT2D eigenvalue weighted by molar-refractivity contribution is 5.94. The lowest BCUT2D eigenvalue weighted by atomic mass is 9.97. The number of carbonyl (C=O) groups excluding carboxylic acids is 3. The SMILES string of the molecule is CC[C@H](C)[C@H](NC(=O)[C@H](C)N)C(=O)N[C@@H](CO)C(=O)N[C@@H](CCCNC(=N)N)C(=O)O. The van der Waals surface area contributed by atoms with Crippen LogP contribution in [0.2, 0.25) is 0 Å². The van der Waals surface area contributed by atoms with Crippen LogP contribution in [0.3, 0.4) is 0 Å². The van der Waals surface area contributed by atoms with Crippen LogP contribution in [-0.4, -0.2) is 77.2 Å². The molecule has 5 atom stereocenters. The number of rotatable bonds is 14. The van der Waals surface area contributed by atoms with Gasteiger partial charge in [0, 0.05) is 6.54 Å². The fraction of sp³-hybridized carbons (Fsp3) is 0.722. The van der Waals surface area contributed by atoms with Crippen molar-refractivity contribution in [2.24, 2.45) is 17.4 Å². The summed E-state index contributed by atoms with van der Waals surface area (Å²) in [5, 5.41) is 35.5. The number of nitrogens with one attached hydrogen (secondary N) is 5. The Balaban J connectivity index is 5.09. The first-order valence-corrected chi connectivity index (χ1v) is 10.0. The number of carboxylic acid groups (broad SMARTS) is 1. The minimum atomic E-state index is -1.41. The fourth-order valence-corrected chi connectivity index (χ4v) is 2.50. The first-order chi connectivity index (χ1) is 14.4. The maximum atomic E-state index is 12.7. The Morgan fingerprint density at radius 3 is 2.03 bits per heavy atom. The molecule has 178 valence electrons. The summed E-state index contributed by atoms with van der Waals surface area (Å²) in [7, 11) is 0. The molecule has 0 saturated heterocycles. The molecule has 0 spiro atoms. The Labute approximate surface area is 181 Å². The third kappa shape index (κ3) is 10.6. The van der Waals surface area contributed by atoms with E-state index in [1.54, 1.807) is 6.92 Å². The third-order valence-electron chi connectivity index (χ3n) is 4.62. The largest absolute Gasteiger partial charge is 0.480 e. The summed E-state index contributed by atoms with van der Waals surface area (Å²) in [5.74, 6) is -3.97. The van der Waals surface area contributed by atoms with Gasteiger partial charge in [0.2, 0.25) is 17.7 Å². The highest BCUT2D eigenvalue weighted by Crippen LogP contribution is 2.09. The second-order valence-electron chi connectivity index (χ2n) is 7.29. The smallest absolute Gasteiger partial charge is 0.326 e. The molecule has 0 aromatic rings. The zero-order valence-corrected chi connectivity index (χ0v) is 18.1. The topological polar surface area (TPSA) is 233 Å². The third-order valence-corrected chi connectivity index (χ3v) is 4.62. The van der Waals surface area contributed by atoms with Crippen molar-refractivity contribution in [3.05, 3.63) is 0 Å². The zero-order chi connectivity index (χ0) is 24.1. The molecule has 0 aliphatic heterocycles. The molecule has 0 heterocycles. The van der Waals surface area contributed by atoms with Crippen LogP contribution in [0.4, 0.5) is 0 Å². The second kappa shape index (κ2) is 14.1. The van der Waals surface area contributed by atoms with Gasteiger partial charge >= 0.3 is 5.97 Å². The van der Waals surface area contributed by atoms with Crippen LogP contribution in [0, 0.1) is 11.3 Å². The summed E-state index contributed by atoms with van der Waals surface area (Å²) in [6.45, 7) is 4.48. The van der Waals surface area contributed by atoms with Crippen molar-refractivity contribution in [1.29, 1.82) is 5.41 Å². The van der Waals surface area contributed by atoms with Gasteiger partial charge in [-0.25, -0.2) is 4.79 Å². The highest BCUT2D eigenvalue weighted by atomic mass is 16.4. The molecule has 0 aromatic heterocycles. The van der Waals surface area contributed by atoms with Crippen LogP contribution in [-0.2, 0) is 19.2 Å². The number of aliphatic hydroxyl groups excluding tert-OH is 1. The van der Waals surface area contributed by atoms with E-state index in [0.29, 0.717) is 12.8 Å². The van der Waals surface area contributed by atoms with Gasteiger partial charge < -0.3 is 42.9 Å². The molecule has 0 aliphatic rings. The first-order valence-electron chi connectivity index (χ1n) is 10.0. The van der Waals surface area contributed by atoms with Crippen molar-refractivity contribution in [2.45, 2.75) is 64.2 Å². The van der Waals surface area contributed by atoms with E-state index in [1.807, 2.05) is 6.92 Å². The molecule has 0 radical (unpaired) electrons. The molecule has 0 fully saturated rings. The summed E-state index contributed by atoms with van der Waals surface area (Å²) in [4.78, 5) is 48.4. The maximum absolute atomic E-state index is 12.7. The molecule has 13 nitrogen and oxygen atoms in total. The Morgan fingerprint density at radius 1 is 1.00 bits per heavy atom. The van der Waals surface area contributed by atoms with Crippen LogP contribution in [0.25, 0.3) is 0 Å². The van der Waals surface area contributed by atoms with Crippen molar-refractivity contribution < 1.29 is 29.4 Å². The van der Waals surface area contributed by atoms with E-state index < -0.39 is 54.5 Å². The normalized spacial score (nSPS) is 15.5. The van der Waals surface area contributed by atoms with E-state index in [0.717, 1.165) is 0 Å². The highest BCUT2D eigenvalue weighted by Gasteiger charge is 2.31. The van der Waals surface area contributed by atoms with Gasteiger partial charge in [-0.1, -0.05) is 20.3 Å².